The summed E-state index contributed by atoms with van der Waals surface area (Å²) in [7, 11) is 3.12. The van der Waals surface area contributed by atoms with E-state index < -0.39 is 5.91 Å². The third-order valence-electron chi connectivity index (χ3n) is 27.0. The van der Waals surface area contributed by atoms with Crippen molar-refractivity contribution in [3.8, 4) is 6.07 Å². The molecule has 3 amide bonds. The van der Waals surface area contributed by atoms with E-state index in [9.17, 15) is 43.6 Å². The lowest BCUT2D eigenvalue weighted by Crippen LogP contribution is -2.26. The molecule has 5 saturated carbocycles. The van der Waals surface area contributed by atoms with Gasteiger partial charge in [-0.25, -0.2) is 49.8 Å². The number of primary amides is 1. The lowest BCUT2D eigenvalue weighted by atomic mass is 10.1. The molecule has 0 unspecified atom stereocenters. The molecule has 20 aromatic rings. The number of carbonyl (C=O) groups is 3. The van der Waals surface area contributed by atoms with Gasteiger partial charge < -0.3 is 70.8 Å². The highest BCUT2D eigenvalue weighted by Crippen LogP contribution is 2.46. The van der Waals surface area contributed by atoms with Crippen molar-refractivity contribution in [2.24, 2.45) is 5.73 Å². The number of hydrogen-bond donors (Lipinski definition) is 13. The molecule has 5 aliphatic carbocycles. The first-order valence-corrected chi connectivity index (χ1v) is 50.2. The highest BCUT2D eigenvalue weighted by molar-refractivity contribution is 6.38. The van der Waals surface area contributed by atoms with Crippen LogP contribution < -0.4 is 70.7 Å². The fourth-order valence-corrected chi connectivity index (χ4v) is 20.7. The zero-order valence-electron chi connectivity index (χ0n) is 80.4. The van der Waals surface area contributed by atoms with E-state index in [1.807, 2.05) is 148 Å². The molecule has 5 fully saturated rings. The predicted octanol–water partition coefficient (Wildman–Crippen LogP) is 18.1. The van der Waals surface area contributed by atoms with Gasteiger partial charge in [-0.3, -0.25) is 58.8 Å². The number of pyridine rings is 5. The number of nitrogens with two attached hydrogens (primary N) is 1. The Hall–Kier alpha value is -16.4. The number of aromatic amines is 5. The average Bonchev–Trinajstić information content (AvgIpc) is 0.896. The van der Waals surface area contributed by atoms with Gasteiger partial charge in [-0.2, -0.15) is 25.7 Å². The maximum atomic E-state index is 13.3. The second kappa shape index (κ2) is 40.4. The van der Waals surface area contributed by atoms with Gasteiger partial charge >= 0.3 is 0 Å². The number of hydrogen-bond acceptors (Lipinski definition) is 28. The number of amides is 3. The minimum atomic E-state index is -0.654. The molecule has 5 atom stereocenters. The van der Waals surface area contributed by atoms with Crippen molar-refractivity contribution in [2.75, 3.05) is 40.7 Å². The zero-order chi connectivity index (χ0) is 104. The fraction of sp³-hybridized carbons (Fsp3) is 0.265. The molecule has 0 bridgehead atoms. The van der Waals surface area contributed by atoms with Gasteiger partial charge in [0.2, 0.25) is 0 Å². The second-order valence-corrected chi connectivity index (χ2v) is 39.4. The lowest BCUT2D eigenvalue weighted by Gasteiger charge is -2.21. The molecule has 25 rings (SSSR count). The first-order valence-electron chi connectivity index (χ1n) is 48.0. The van der Waals surface area contributed by atoms with E-state index in [0.717, 1.165) is 120 Å². The molecule has 5 aliphatic rings. The molecule has 15 aromatic heterocycles. The van der Waals surface area contributed by atoms with E-state index in [-0.39, 0.29) is 111 Å². The molecule has 0 saturated heterocycles. The highest BCUT2D eigenvalue weighted by atomic mass is 35.5. The summed E-state index contributed by atoms with van der Waals surface area (Å²) >= 11 is 37.9. The molecule has 0 spiro atoms. The number of H-pyrrole nitrogens is 5. The largest absolute Gasteiger partial charge is 0.364 e. The Morgan fingerprint density at radius 3 is 0.946 bits per heavy atom. The monoisotopic (exact) mass is 2120 g/mol. The zero-order valence-corrected chi connectivity index (χ0v) is 84.9. The summed E-state index contributed by atoms with van der Waals surface area (Å²) in [5.41, 5.74) is 12.6. The summed E-state index contributed by atoms with van der Waals surface area (Å²) in [6.07, 6.45) is 18.3. The smallest absolute Gasteiger partial charge is 0.269 e. The molecule has 0 radical (unpaired) electrons. The Bertz CT molecular complexity index is 9010. The van der Waals surface area contributed by atoms with E-state index in [4.69, 9.17) is 75.3 Å². The number of rotatable bonds is 23. The Morgan fingerprint density at radius 2 is 0.631 bits per heavy atom. The minimum Gasteiger partial charge on any atom is -0.364 e. The van der Waals surface area contributed by atoms with Gasteiger partial charge in [-0.15, -0.1) is 0 Å². The third kappa shape index (κ3) is 18.9. The van der Waals surface area contributed by atoms with Crippen molar-refractivity contribution in [1.82, 2.24) is 129 Å². The van der Waals surface area contributed by atoms with E-state index in [2.05, 4.69) is 139 Å². The number of halogens is 6. The Morgan fingerprint density at radius 1 is 0.356 bits per heavy atom. The van der Waals surface area contributed by atoms with Gasteiger partial charge in [0.05, 0.1) is 109 Å². The normalized spacial score (nSPS) is 14.8. The maximum Gasteiger partial charge on any atom is 0.269 e. The van der Waals surface area contributed by atoms with Gasteiger partial charge in [-0.1, -0.05) is 130 Å². The van der Waals surface area contributed by atoms with Crippen LogP contribution in [0.1, 0.15) is 225 Å². The van der Waals surface area contributed by atoms with Crippen LogP contribution in [-0.2, 0) is 0 Å². The molecule has 14 N–H and O–H groups in total. The Labute approximate surface area is 872 Å². The SMILES string of the molecule is CNC(=O)c1[nH]nc2ncnc(N[C@@H](C)c3cc4cccc(Cl)c4c(=O)n3C3CC3)c12.CNC(=O)c1c[nH]c2ncnc(N[C@@H](C)c3cc4cccc(Cl)c4c(=O)n3C3CC3)c12.C[C@H](Nc1ncnc2n[nH]c(C#N)c12)c1cc2cccc(Cl)c2c(=O)n1C1CC1.C[C@H](Nc1ncnc2n[nH]c(C(N)=O)c12)c1cc2cccc(Cl)c2c(=O)n1C1CC1.C[C@H](Nc1ncnc2n[nH]c(Cl)c12)c1cc2cccc(Cl)c2c(=O)n1C1CC1. The van der Waals surface area contributed by atoms with Gasteiger partial charge in [0, 0.05) is 79.0 Å². The van der Waals surface area contributed by atoms with Crippen molar-refractivity contribution >= 4 is 225 Å². The number of nitriles is 1. The van der Waals surface area contributed by atoms with Gasteiger partial charge in [0.25, 0.3) is 45.5 Å². The number of benzene rings is 5. The first-order chi connectivity index (χ1) is 72.1. The molecule has 47 heteroatoms. The molecule has 149 heavy (non-hydrogen) atoms. The van der Waals surface area contributed by atoms with Crippen LogP contribution in [-0.4, -0.2) is 150 Å². The maximum absolute atomic E-state index is 13.3. The molecular weight excluding hydrogens is 2030 g/mol. The quantitative estimate of drug-likeness (QED) is 0.0283. The molecular formula is C102H91Cl6N33O8. The summed E-state index contributed by atoms with van der Waals surface area (Å²) in [4.78, 5) is 148. The van der Waals surface area contributed by atoms with Gasteiger partial charge in [-0.05, 0) is 186 Å². The number of fused-ring (bicyclic) bond motifs is 10. The van der Waals surface area contributed by atoms with Crippen LogP contribution >= 0.6 is 69.6 Å². The number of aromatic nitrogens is 24. The number of nitrogens with one attached hydrogen (secondary N) is 12. The summed E-state index contributed by atoms with van der Waals surface area (Å²) in [5, 5.41) is 70.3. The van der Waals surface area contributed by atoms with Crippen molar-refractivity contribution in [3.63, 3.8) is 0 Å². The van der Waals surface area contributed by atoms with Crippen LogP contribution in [0.2, 0.25) is 30.3 Å². The summed E-state index contributed by atoms with van der Waals surface area (Å²) < 4.78 is 9.20. The van der Waals surface area contributed by atoms with Crippen LogP contribution in [0.15, 0.2) is 183 Å². The van der Waals surface area contributed by atoms with Crippen LogP contribution in [0.4, 0.5) is 29.1 Å². The van der Waals surface area contributed by atoms with E-state index >= 15 is 0 Å². The minimum absolute atomic E-state index is 0.0524. The summed E-state index contributed by atoms with van der Waals surface area (Å²) in [6.45, 7) is 9.82. The molecule has 15 heterocycles. The summed E-state index contributed by atoms with van der Waals surface area (Å²) in [6, 6.07) is 39.0. The molecule has 5 aromatic carbocycles. The van der Waals surface area contributed by atoms with E-state index in [1.165, 1.54) is 31.6 Å². The Kier molecular flexibility index (Phi) is 26.8. The van der Waals surface area contributed by atoms with Crippen LogP contribution in [0.3, 0.4) is 0 Å². The fourth-order valence-electron chi connectivity index (χ4n) is 19.1. The Balaban J connectivity index is 0.000000109. The molecule has 41 nitrogen and oxygen atoms in total. The van der Waals surface area contributed by atoms with E-state index in [1.54, 1.807) is 50.6 Å². The van der Waals surface area contributed by atoms with E-state index in [0.29, 0.717) is 153 Å². The standard InChI is InChI=1S/C22H21ClN6O2.C21H20ClN7O2.C20H18ClN7O2.C20H16ClN7O.C19H16Cl2N6O/c1-11(28-20-18-14(21(30)24-2)9-25-19(18)26-10-27-20)16-8-12-4-3-5-15(23)17(12)22(31)29(16)13-6-7-13;1-10(26-18-16-17(20(30)23-2)27-28-19(16)25-9-24-18)14-8-11-4-3-5-13(22)15(11)21(31)29(14)12-6-7-12;1-9(25-18-15-16(17(22)29)26-27-19(15)24-8-23-18)13-7-10-3-2-4-12(21)14(10)20(30)28(13)11-5-6-11;1-10(25-18-17-14(8-22)26-27-19(17)24-9-23-18)15-7-11-3-2-4-13(21)16(11)20(29)28(15)12-5-6-12;1-9(24-17-15-16(21)25-26-18(15)23-8-22-17)13-7-10-3-2-4-12(20)14(10)19(28)27(13)11-5-6-11/h3-5,8-11,13H,6-7H2,1-2H3,(H,24,30)(H2,25,26,27,28);3-5,8-10,12H,6-7H2,1-2H3,(H,23,30)(H2,24,25,26,27,28);2-4,7-9,11H,5-6H2,1H3,(H2,22,29)(H2,23,24,25,26,27);2-4,7,9-10,12H,5-6H2,1H3,(H2,23,24,25,26,27);2-4,7-9,11H,5-6H2,1H3,(H2,22,23,24,25,26)/t11-;10-;9-;10-;9-/m00000/s1. The van der Waals surface area contributed by atoms with Gasteiger partial charge in [0.1, 0.15) is 100 Å². The highest BCUT2D eigenvalue weighted by Gasteiger charge is 2.38. The van der Waals surface area contributed by atoms with Crippen molar-refractivity contribution in [1.29, 1.82) is 5.26 Å². The van der Waals surface area contributed by atoms with Crippen LogP contribution in [0.25, 0.3) is 109 Å². The first kappa shape index (κ1) is 98.6. The lowest BCUT2D eigenvalue weighted by molar-refractivity contribution is 0.0953. The third-order valence-corrected chi connectivity index (χ3v) is 28.8. The summed E-state index contributed by atoms with van der Waals surface area (Å²) in [5.74, 6) is 1.26. The van der Waals surface area contributed by atoms with Gasteiger partial charge in [0.15, 0.2) is 22.6 Å². The van der Waals surface area contributed by atoms with Crippen molar-refractivity contribution in [3.05, 3.63) is 292 Å². The average molecular weight is 2120 g/mol. The van der Waals surface area contributed by atoms with Crippen molar-refractivity contribution in [2.45, 2.75) is 159 Å². The van der Waals surface area contributed by atoms with Crippen LogP contribution in [0.5, 0.6) is 0 Å². The van der Waals surface area contributed by atoms with Crippen molar-refractivity contribution < 1.29 is 14.4 Å². The molecule has 0 aliphatic heterocycles. The second-order valence-electron chi connectivity index (χ2n) is 37.0. The number of nitrogens with zero attached hydrogens (tertiary/aromatic N) is 20. The van der Waals surface area contributed by atoms with Crippen LogP contribution in [0, 0.1) is 11.3 Å². The topological polar surface area (TPSA) is 555 Å². The predicted molar refractivity (Wildman–Crippen MR) is 573 cm³/mol. The number of anilines is 5. The number of carbonyl (C=O) groups excluding carboxylic acids is 3. The molecule has 754 valence electrons.